The predicted octanol–water partition coefficient (Wildman–Crippen LogP) is 4.83. The summed E-state index contributed by atoms with van der Waals surface area (Å²) in [6.45, 7) is 2.16. The van der Waals surface area contributed by atoms with E-state index in [1.807, 2.05) is 24.5 Å². The fourth-order valence-corrected chi connectivity index (χ4v) is 3.98. The lowest BCUT2D eigenvalue weighted by Gasteiger charge is -2.08. The maximum absolute atomic E-state index is 11.4. The number of nitrogens with zero attached hydrogens (tertiary/aromatic N) is 1. The summed E-state index contributed by atoms with van der Waals surface area (Å²) in [5.41, 5.74) is 6.99. The molecule has 0 saturated heterocycles. The molecule has 0 fully saturated rings. The van der Waals surface area contributed by atoms with Gasteiger partial charge >= 0.3 is 0 Å². The average Bonchev–Trinajstić information content (AvgIpc) is 3.10. The number of pyridine rings is 1. The van der Waals surface area contributed by atoms with E-state index in [9.17, 15) is 8.42 Å². The summed E-state index contributed by atoms with van der Waals surface area (Å²) in [7, 11) is -3.29. The molecule has 2 N–H and O–H groups in total. The van der Waals surface area contributed by atoms with E-state index in [1.165, 1.54) is 11.1 Å². The van der Waals surface area contributed by atoms with Crippen molar-refractivity contribution in [1.82, 2.24) is 9.97 Å². The van der Waals surface area contributed by atoms with Crippen LogP contribution >= 0.6 is 0 Å². The van der Waals surface area contributed by atoms with Crippen LogP contribution < -0.4 is 4.72 Å². The monoisotopic (exact) mass is 391 g/mol. The third kappa shape index (κ3) is 3.64. The quantitative estimate of drug-likeness (QED) is 0.512. The standard InChI is InChI=1S/C22H21N3O2S/c1-3-15-6-4-5-7-19(15)21-14-24-22-20(21)12-17(13-23-22)16-8-10-18(11-9-16)25-28(2,26)27/h4-14,25H,3H2,1-2H3,(H,23,24). The average molecular weight is 391 g/mol. The molecule has 0 bridgehead atoms. The summed E-state index contributed by atoms with van der Waals surface area (Å²) in [4.78, 5) is 7.84. The summed E-state index contributed by atoms with van der Waals surface area (Å²) >= 11 is 0. The van der Waals surface area contributed by atoms with Crippen LogP contribution in [0.2, 0.25) is 0 Å². The van der Waals surface area contributed by atoms with Crippen molar-refractivity contribution in [2.24, 2.45) is 0 Å². The van der Waals surface area contributed by atoms with Crippen LogP contribution in [0.4, 0.5) is 5.69 Å². The highest BCUT2D eigenvalue weighted by atomic mass is 32.2. The lowest BCUT2D eigenvalue weighted by molar-refractivity contribution is 0.607. The van der Waals surface area contributed by atoms with E-state index in [2.05, 4.69) is 51.9 Å². The number of hydrogen-bond acceptors (Lipinski definition) is 3. The molecule has 0 saturated carbocycles. The van der Waals surface area contributed by atoms with E-state index in [0.717, 1.165) is 40.4 Å². The van der Waals surface area contributed by atoms with Gasteiger partial charge in [-0.25, -0.2) is 13.4 Å². The van der Waals surface area contributed by atoms with Crippen LogP contribution in [0, 0.1) is 0 Å². The van der Waals surface area contributed by atoms with Crippen molar-refractivity contribution in [3.8, 4) is 22.3 Å². The Morgan fingerprint density at radius 1 is 1.00 bits per heavy atom. The number of H-pyrrole nitrogens is 1. The number of hydrogen-bond donors (Lipinski definition) is 2. The molecule has 2 aromatic carbocycles. The summed E-state index contributed by atoms with van der Waals surface area (Å²) in [6, 6.07) is 17.8. The van der Waals surface area contributed by atoms with Crippen LogP contribution in [-0.4, -0.2) is 24.6 Å². The molecule has 6 heteroatoms. The molecule has 0 radical (unpaired) electrons. The molecular weight excluding hydrogens is 370 g/mol. The molecule has 4 rings (SSSR count). The number of rotatable bonds is 5. The molecule has 2 heterocycles. The second-order valence-electron chi connectivity index (χ2n) is 6.78. The fourth-order valence-electron chi connectivity index (χ4n) is 3.42. The van der Waals surface area contributed by atoms with Gasteiger partial charge in [-0.3, -0.25) is 4.72 Å². The fraction of sp³-hybridized carbons (Fsp3) is 0.136. The first-order valence-electron chi connectivity index (χ1n) is 9.08. The van der Waals surface area contributed by atoms with Crippen molar-refractivity contribution in [3.63, 3.8) is 0 Å². The Hall–Kier alpha value is -3.12. The van der Waals surface area contributed by atoms with Crippen molar-refractivity contribution in [1.29, 1.82) is 0 Å². The Bertz CT molecular complexity index is 1240. The van der Waals surface area contributed by atoms with Gasteiger partial charge in [0, 0.05) is 34.6 Å². The van der Waals surface area contributed by atoms with Crippen LogP contribution in [0.15, 0.2) is 67.0 Å². The van der Waals surface area contributed by atoms with Gasteiger partial charge in [0.2, 0.25) is 10.0 Å². The number of aromatic nitrogens is 2. The van der Waals surface area contributed by atoms with Crippen LogP contribution in [0.25, 0.3) is 33.3 Å². The third-order valence-electron chi connectivity index (χ3n) is 4.74. The molecule has 0 amide bonds. The van der Waals surface area contributed by atoms with Crippen molar-refractivity contribution in [2.45, 2.75) is 13.3 Å². The first-order chi connectivity index (χ1) is 13.4. The summed E-state index contributed by atoms with van der Waals surface area (Å²) < 4.78 is 25.2. The molecule has 0 atom stereocenters. The molecule has 0 unspecified atom stereocenters. The zero-order chi connectivity index (χ0) is 19.7. The number of aromatic amines is 1. The van der Waals surface area contributed by atoms with E-state index >= 15 is 0 Å². The van der Waals surface area contributed by atoms with E-state index in [4.69, 9.17) is 0 Å². The highest BCUT2D eigenvalue weighted by Gasteiger charge is 2.11. The maximum Gasteiger partial charge on any atom is 0.229 e. The van der Waals surface area contributed by atoms with Gasteiger partial charge in [0.15, 0.2) is 0 Å². The number of anilines is 1. The second kappa shape index (κ2) is 7.13. The normalized spacial score (nSPS) is 11.6. The Balaban J connectivity index is 1.76. The first-order valence-corrected chi connectivity index (χ1v) is 11.0. The van der Waals surface area contributed by atoms with Crippen LogP contribution in [0.1, 0.15) is 12.5 Å². The highest BCUT2D eigenvalue weighted by Crippen LogP contribution is 2.33. The van der Waals surface area contributed by atoms with Crippen molar-refractivity contribution >= 4 is 26.7 Å². The smallest absolute Gasteiger partial charge is 0.229 e. The number of fused-ring (bicyclic) bond motifs is 1. The molecule has 0 aliphatic carbocycles. The minimum Gasteiger partial charge on any atom is -0.346 e. The largest absolute Gasteiger partial charge is 0.346 e. The highest BCUT2D eigenvalue weighted by molar-refractivity contribution is 7.92. The van der Waals surface area contributed by atoms with Gasteiger partial charge in [-0.1, -0.05) is 43.3 Å². The number of sulfonamides is 1. The van der Waals surface area contributed by atoms with E-state index in [1.54, 1.807) is 12.1 Å². The SMILES string of the molecule is CCc1ccccc1-c1c[nH]c2ncc(-c3ccc(NS(C)(=O)=O)cc3)cc12. The van der Waals surface area contributed by atoms with Gasteiger partial charge in [-0.15, -0.1) is 0 Å². The zero-order valence-corrected chi connectivity index (χ0v) is 16.5. The second-order valence-corrected chi connectivity index (χ2v) is 8.53. The van der Waals surface area contributed by atoms with Crippen LogP contribution in [0.3, 0.4) is 0 Å². The van der Waals surface area contributed by atoms with Gasteiger partial charge in [0.25, 0.3) is 0 Å². The van der Waals surface area contributed by atoms with Gasteiger partial charge in [-0.05, 0) is 41.3 Å². The van der Waals surface area contributed by atoms with E-state index in [0.29, 0.717) is 5.69 Å². The summed E-state index contributed by atoms with van der Waals surface area (Å²) in [5, 5.41) is 1.07. The minimum absolute atomic E-state index is 0.541. The van der Waals surface area contributed by atoms with E-state index in [-0.39, 0.29) is 0 Å². The molecule has 0 aliphatic rings. The Kier molecular flexibility index (Phi) is 4.65. The van der Waals surface area contributed by atoms with Crippen molar-refractivity contribution < 1.29 is 8.42 Å². The molecule has 4 aromatic rings. The number of nitrogens with one attached hydrogen (secondary N) is 2. The maximum atomic E-state index is 11.4. The minimum atomic E-state index is -3.29. The Morgan fingerprint density at radius 3 is 2.46 bits per heavy atom. The van der Waals surface area contributed by atoms with Crippen LogP contribution in [0.5, 0.6) is 0 Å². The Morgan fingerprint density at radius 2 is 1.75 bits per heavy atom. The topological polar surface area (TPSA) is 74.8 Å². The van der Waals surface area contributed by atoms with Gasteiger partial charge in [0.1, 0.15) is 5.65 Å². The number of benzene rings is 2. The zero-order valence-electron chi connectivity index (χ0n) is 15.7. The molecule has 0 spiro atoms. The summed E-state index contributed by atoms with van der Waals surface area (Å²) in [5.74, 6) is 0. The summed E-state index contributed by atoms with van der Waals surface area (Å²) in [6.07, 6.45) is 5.94. The van der Waals surface area contributed by atoms with E-state index < -0.39 is 10.0 Å². The predicted molar refractivity (Wildman–Crippen MR) is 115 cm³/mol. The van der Waals surface area contributed by atoms with Crippen molar-refractivity contribution in [3.05, 3.63) is 72.6 Å². The third-order valence-corrected chi connectivity index (χ3v) is 5.35. The molecule has 0 aliphatic heterocycles. The molecule has 5 nitrogen and oxygen atoms in total. The lowest BCUT2D eigenvalue weighted by Crippen LogP contribution is -2.09. The van der Waals surface area contributed by atoms with Gasteiger partial charge in [-0.2, -0.15) is 0 Å². The van der Waals surface area contributed by atoms with Gasteiger partial charge in [0.05, 0.1) is 6.26 Å². The Labute approximate surface area is 164 Å². The molecule has 2 aromatic heterocycles. The lowest BCUT2D eigenvalue weighted by atomic mass is 9.97. The molecule has 142 valence electrons. The van der Waals surface area contributed by atoms with Crippen LogP contribution in [-0.2, 0) is 16.4 Å². The first kappa shape index (κ1) is 18.3. The van der Waals surface area contributed by atoms with Crippen molar-refractivity contribution in [2.75, 3.05) is 11.0 Å². The number of aryl methyl sites for hydroxylation is 1. The molecular formula is C22H21N3O2S. The van der Waals surface area contributed by atoms with Gasteiger partial charge < -0.3 is 4.98 Å². The molecule has 28 heavy (non-hydrogen) atoms.